The zero-order chi connectivity index (χ0) is 18.7. The third-order valence-corrected chi connectivity index (χ3v) is 6.06. The molecule has 0 saturated carbocycles. The number of nitrogens with zero attached hydrogens (tertiary/aromatic N) is 2. The smallest absolute Gasteiger partial charge is 0.371 e. The maximum atomic E-state index is 12.7. The summed E-state index contributed by atoms with van der Waals surface area (Å²) in [7, 11) is -3.61. The number of carboxylic acids is 1. The van der Waals surface area contributed by atoms with Gasteiger partial charge in [-0.2, -0.15) is 4.31 Å². The zero-order valence-electron chi connectivity index (χ0n) is 13.9. The Balaban J connectivity index is 1.72. The molecule has 8 nitrogen and oxygen atoms in total. The molecule has 1 aliphatic rings. The Bertz CT molecular complexity index is 906. The van der Waals surface area contributed by atoms with E-state index in [1.54, 1.807) is 30.3 Å². The Kier molecular flexibility index (Phi) is 5.10. The number of furan rings is 1. The molecule has 1 aromatic carbocycles. The summed E-state index contributed by atoms with van der Waals surface area (Å²) < 4.78 is 31.8. The lowest BCUT2D eigenvalue weighted by atomic mass is 10.3. The fourth-order valence-corrected chi connectivity index (χ4v) is 4.29. The minimum Gasteiger partial charge on any atom is -0.475 e. The van der Waals surface area contributed by atoms with Crippen molar-refractivity contribution in [2.45, 2.75) is 11.3 Å². The van der Waals surface area contributed by atoms with Gasteiger partial charge in [0, 0.05) is 26.2 Å². The van der Waals surface area contributed by atoms with E-state index in [9.17, 15) is 18.0 Å². The number of carboxylic acid groups (broad SMARTS) is 1. The van der Waals surface area contributed by atoms with Gasteiger partial charge in [0.25, 0.3) is 5.91 Å². The number of carbonyl (C=O) groups excluding carboxylic acids is 1. The first-order valence-electron chi connectivity index (χ1n) is 8.07. The number of hydrogen-bond donors (Lipinski definition) is 1. The summed E-state index contributed by atoms with van der Waals surface area (Å²) in [6.45, 7) is 1.03. The van der Waals surface area contributed by atoms with Crippen LogP contribution in [-0.2, 0) is 10.0 Å². The van der Waals surface area contributed by atoms with Gasteiger partial charge in [-0.3, -0.25) is 4.79 Å². The van der Waals surface area contributed by atoms with Crippen LogP contribution in [0.15, 0.2) is 51.8 Å². The predicted molar refractivity (Wildman–Crippen MR) is 91.4 cm³/mol. The summed E-state index contributed by atoms with van der Waals surface area (Å²) in [6, 6.07) is 10.7. The van der Waals surface area contributed by atoms with E-state index in [1.165, 1.54) is 21.3 Å². The van der Waals surface area contributed by atoms with E-state index < -0.39 is 21.9 Å². The van der Waals surface area contributed by atoms with Gasteiger partial charge in [-0.15, -0.1) is 0 Å². The van der Waals surface area contributed by atoms with Crippen LogP contribution in [0.5, 0.6) is 0 Å². The van der Waals surface area contributed by atoms with Crippen molar-refractivity contribution in [3.8, 4) is 0 Å². The second-order valence-electron chi connectivity index (χ2n) is 5.83. The molecule has 0 unspecified atom stereocenters. The highest BCUT2D eigenvalue weighted by molar-refractivity contribution is 7.89. The molecule has 1 N–H and O–H groups in total. The van der Waals surface area contributed by atoms with E-state index in [0.29, 0.717) is 19.5 Å². The highest BCUT2D eigenvalue weighted by atomic mass is 32.2. The highest BCUT2D eigenvalue weighted by Crippen LogP contribution is 2.19. The summed E-state index contributed by atoms with van der Waals surface area (Å²) in [5.41, 5.74) is 0. The van der Waals surface area contributed by atoms with Gasteiger partial charge in [-0.1, -0.05) is 18.2 Å². The first-order valence-corrected chi connectivity index (χ1v) is 9.51. The third kappa shape index (κ3) is 3.63. The first-order chi connectivity index (χ1) is 12.4. The number of sulfonamides is 1. The summed E-state index contributed by atoms with van der Waals surface area (Å²) in [5.74, 6) is -2.07. The maximum Gasteiger partial charge on any atom is 0.371 e. The van der Waals surface area contributed by atoms with Crippen LogP contribution >= 0.6 is 0 Å². The summed E-state index contributed by atoms with van der Waals surface area (Å²) >= 11 is 0. The van der Waals surface area contributed by atoms with Crippen LogP contribution in [-0.4, -0.2) is 60.8 Å². The molecular weight excluding hydrogens is 360 g/mol. The topological polar surface area (TPSA) is 108 Å². The monoisotopic (exact) mass is 378 g/mol. The Morgan fingerprint density at radius 3 is 2.27 bits per heavy atom. The van der Waals surface area contributed by atoms with E-state index in [-0.39, 0.29) is 29.5 Å². The number of carbonyl (C=O) groups is 2. The SMILES string of the molecule is O=C(O)c1ccc(C(=O)N2CCCN(S(=O)(=O)c3ccccc3)CC2)o1. The molecule has 1 aliphatic heterocycles. The van der Waals surface area contributed by atoms with Crippen LogP contribution in [0, 0.1) is 0 Å². The molecule has 1 saturated heterocycles. The third-order valence-electron chi connectivity index (χ3n) is 4.15. The van der Waals surface area contributed by atoms with E-state index in [0.717, 1.165) is 0 Å². The van der Waals surface area contributed by atoms with Crippen LogP contribution in [0.1, 0.15) is 27.5 Å². The standard InChI is InChI=1S/C17H18N2O6S/c20-16(14-7-8-15(25-14)17(21)22)18-9-4-10-19(12-11-18)26(23,24)13-5-2-1-3-6-13/h1-3,5-8H,4,9-12H2,(H,21,22). The predicted octanol–water partition coefficient (Wildman–Crippen LogP) is 1.51. The average Bonchev–Trinajstić information content (AvgIpc) is 3.00. The van der Waals surface area contributed by atoms with Gasteiger partial charge in [-0.25, -0.2) is 13.2 Å². The van der Waals surface area contributed by atoms with Gasteiger partial charge in [0.1, 0.15) is 0 Å². The molecule has 0 spiro atoms. The van der Waals surface area contributed by atoms with E-state index in [1.807, 2.05) is 0 Å². The van der Waals surface area contributed by atoms with E-state index in [2.05, 4.69) is 0 Å². The minimum atomic E-state index is -3.61. The Morgan fingerprint density at radius 2 is 1.62 bits per heavy atom. The molecule has 26 heavy (non-hydrogen) atoms. The quantitative estimate of drug-likeness (QED) is 0.864. The van der Waals surface area contributed by atoms with E-state index in [4.69, 9.17) is 9.52 Å². The molecular formula is C17H18N2O6S. The van der Waals surface area contributed by atoms with Crippen molar-refractivity contribution < 1.29 is 27.5 Å². The van der Waals surface area contributed by atoms with Crippen molar-refractivity contribution in [1.82, 2.24) is 9.21 Å². The van der Waals surface area contributed by atoms with Crippen molar-refractivity contribution in [1.29, 1.82) is 0 Å². The van der Waals surface area contributed by atoms with Crippen LogP contribution in [0.4, 0.5) is 0 Å². The van der Waals surface area contributed by atoms with E-state index >= 15 is 0 Å². The Labute approximate surface area is 150 Å². The highest BCUT2D eigenvalue weighted by Gasteiger charge is 2.29. The lowest BCUT2D eigenvalue weighted by Crippen LogP contribution is -2.37. The number of amides is 1. The number of benzene rings is 1. The van der Waals surface area contributed by atoms with Crippen molar-refractivity contribution >= 4 is 21.9 Å². The second-order valence-corrected chi connectivity index (χ2v) is 7.77. The van der Waals surface area contributed by atoms with Crippen molar-refractivity contribution in [3.63, 3.8) is 0 Å². The first kappa shape index (κ1) is 18.2. The summed E-state index contributed by atoms with van der Waals surface area (Å²) in [4.78, 5) is 25.0. The molecule has 138 valence electrons. The van der Waals surface area contributed by atoms with Crippen molar-refractivity contribution in [2.75, 3.05) is 26.2 Å². The fourth-order valence-electron chi connectivity index (χ4n) is 2.80. The van der Waals surface area contributed by atoms with Crippen molar-refractivity contribution in [2.24, 2.45) is 0 Å². The van der Waals surface area contributed by atoms with Gasteiger partial charge >= 0.3 is 5.97 Å². The molecule has 0 aliphatic carbocycles. The molecule has 2 heterocycles. The number of hydrogen-bond acceptors (Lipinski definition) is 5. The van der Waals surface area contributed by atoms with Gasteiger partial charge in [-0.05, 0) is 30.7 Å². The number of rotatable bonds is 4. The van der Waals surface area contributed by atoms with Gasteiger partial charge in [0.15, 0.2) is 5.76 Å². The molecule has 1 amide bonds. The molecule has 0 atom stereocenters. The summed E-state index contributed by atoms with van der Waals surface area (Å²) in [6.07, 6.45) is 0.476. The lowest BCUT2D eigenvalue weighted by molar-refractivity contribution is 0.0650. The van der Waals surface area contributed by atoms with Crippen LogP contribution in [0.3, 0.4) is 0 Å². The zero-order valence-corrected chi connectivity index (χ0v) is 14.7. The average molecular weight is 378 g/mol. The lowest BCUT2D eigenvalue weighted by Gasteiger charge is -2.21. The van der Waals surface area contributed by atoms with Gasteiger partial charge < -0.3 is 14.4 Å². The molecule has 0 bridgehead atoms. The molecule has 1 fully saturated rings. The van der Waals surface area contributed by atoms with Crippen LogP contribution in [0.2, 0.25) is 0 Å². The number of aromatic carboxylic acids is 1. The van der Waals surface area contributed by atoms with Crippen LogP contribution < -0.4 is 0 Å². The largest absolute Gasteiger partial charge is 0.475 e. The molecule has 3 rings (SSSR count). The van der Waals surface area contributed by atoms with Crippen LogP contribution in [0.25, 0.3) is 0 Å². The normalized spacial score (nSPS) is 16.2. The summed E-state index contributed by atoms with van der Waals surface area (Å²) in [5, 5.41) is 8.88. The van der Waals surface area contributed by atoms with Gasteiger partial charge in [0.05, 0.1) is 4.90 Å². The van der Waals surface area contributed by atoms with Gasteiger partial charge in [0.2, 0.25) is 15.8 Å². The Morgan fingerprint density at radius 1 is 0.923 bits per heavy atom. The molecule has 2 aromatic rings. The molecule has 1 aromatic heterocycles. The molecule has 9 heteroatoms. The fraction of sp³-hybridized carbons (Fsp3) is 0.294. The van der Waals surface area contributed by atoms with Crippen molar-refractivity contribution in [3.05, 3.63) is 54.0 Å². The molecule has 0 radical (unpaired) electrons. The Hall–Kier alpha value is -2.65. The second kappa shape index (κ2) is 7.30. The maximum absolute atomic E-state index is 12.7. The minimum absolute atomic E-state index is 0.0678.